The van der Waals surface area contributed by atoms with Crippen molar-refractivity contribution in [3.63, 3.8) is 0 Å². The number of hydrogen-bond acceptors (Lipinski definition) is 3. The molecule has 1 heterocycles. The van der Waals surface area contributed by atoms with Gasteiger partial charge in [-0.15, -0.1) is 0 Å². The molecule has 0 spiro atoms. The van der Waals surface area contributed by atoms with Crippen LogP contribution in [0.5, 0.6) is 0 Å². The second-order valence-corrected chi connectivity index (χ2v) is 5.79. The minimum Gasteiger partial charge on any atom is -0.309 e. The number of hydrogen-bond donors (Lipinski definition) is 1. The van der Waals surface area contributed by atoms with E-state index in [2.05, 4.69) is 19.2 Å². The lowest BCUT2D eigenvalue weighted by Gasteiger charge is -2.16. The quantitative estimate of drug-likeness (QED) is 0.755. The van der Waals surface area contributed by atoms with Crippen molar-refractivity contribution in [2.24, 2.45) is 5.92 Å². The maximum absolute atomic E-state index is 11.1. The van der Waals surface area contributed by atoms with Crippen molar-refractivity contribution in [3.8, 4) is 0 Å². The van der Waals surface area contributed by atoms with Crippen LogP contribution in [0.25, 0.3) is 0 Å². The van der Waals surface area contributed by atoms with Crippen molar-refractivity contribution in [1.29, 1.82) is 0 Å². The topological polar surface area (TPSA) is 46.2 Å². The molecule has 1 atom stereocenters. The summed E-state index contributed by atoms with van der Waals surface area (Å²) in [5.74, 6) is 0.888. The highest BCUT2D eigenvalue weighted by atomic mass is 32.2. The molecule has 3 nitrogen and oxygen atoms in total. The molecule has 0 amide bonds. The van der Waals surface area contributed by atoms with Crippen LogP contribution >= 0.6 is 0 Å². The van der Waals surface area contributed by atoms with Gasteiger partial charge in [-0.25, -0.2) is 8.42 Å². The van der Waals surface area contributed by atoms with Crippen LogP contribution in [-0.4, -0.2) is 26.8 Å². The third kappa shape index (κ3) is 3.42. The molecule has 0 radical (unpaired) electrons. The van der Waals surface area contributed by atoms with Gasteiger partial charge in [0.05, 0.1) is 5.75 Å². The van der Waals surface area contributed by atoms with Gasteiger partial charge in [-0.05, 0) is 12.5 Å². The molecule has 0 saturated heterocycles. The number of nitrogens with one attached hydrogen (secondary N) is 1. The Kier molecular flexibility index (Phi) is 4.13. The van der Waals surface area contributed by atoms with Crippen molar-refractivity contribution in [3.05, 3.63) is 11.5 Å². The van der Waals surface area contributed by atoms with Gasteiger partial charge in [-0.1, -0.05) is 32.8 Å². The predicted octanol–water partition coefficient (Wildman–Crippen LogP) is 1.32. The molecule has 82 valence electrons. The standard InChI is InChI=1S/C10H19NO2S/c1-3-9(4-2)7-11-10-5-6-14(12,13)8-10/h5-6,9-11H,3-4,7-8H2,1-2H3. The van der Waals surface area contributed by atoms with Crippen LogP contribution in [0.1, 0.15) is 26.7 Å². The molecular weight excluding hydrogens is 198 g/mol. The highest BCUT2D eigenvalue weighted by Crippen LogP contribution is 2.10. The molecule has 0 aromatic heterocycles. The average molecular weight is 217 g/mol. The Morgan fingerprint density at radius 2 is 2.07 bits per heavy atom. The first-order valence-electron chi connectivity index (χ1n) is 5.21. The van der Waals surface area contributed by atoms with Crippen LogP contribution in [0.2, 0.25) is 0 Å². The molecule has 4 heteroatoms. The number of rotatable bonds is 5. The van der Waals surface area contributed by atoms with Gasteiger partial charge in [0.2, 0.25) is 0 Å². The van der Waals surface area contributed by atoms with E-state index in [1.54, 1.807) is 6.08 Å². The zero-order chi connectivity index (χ0) is 10.6. The molecule has 14 heavy (non-hydrogen) atoms. The maximum atomic E-state index is 11.1. The molecule has 1 N–H and O–H groups in total. The van der Waals surface area contributed by atoms with Gasteiger partial charge in [0.25, 0.3) is 0 Å². The maximum Gasteiger partial charge on any atom is 0.173 e. The van der Waals surface area contributed by atoms with E-state index in [1.807, 2.05) is 0 Å². The zero-order valence-corrected chi connectivity index (χ0v) is 9.68. The Balaban J connectivity index is 2.31. The summed E-state index contributed by atoms with van der Waals surface area (Å²) < 4.78 is 22.2. The third-order valence-corrected chi connectivity index (χ3v) is 4.15. The van der Waals surface area contributed by atoms with Crippen LogP contribution in [0.15, 0.2) is 11.5 Å². The van der Waals surface area contributed by atoms with E-state index < -0.39 is 9.84 Å². The lowest BCUT2D eigenvalue weighted by Crippen LogP contribution is -2.33. The molecule has 1 aliphatic rings. The van der Waals surface area contributed by atoms with Crippen LogP contribution in [-0.2, 0) is 9.84 Å². The van der Waals surface area contributed by atoms with Crippen molar-refractivity contribution >= 4 is 9.84 Å². The predicted molar refractivity (Wildman–Crippen MR) is 58.8 cm³/mol. The van der Waals surface area contributed by atoms with Crippen LogP contribution < -0.4 is 5.32 Å². The van der Waals surface area contributed by atoms with E-state index in [9.17, 15) is 8.42 Å². The molecule has 1 aliphatic heterocycles. The lowest BCUT2D eigenvalue weighted by molar-refractivity contribution is 0.439. The van der Waals surface area contributed by atoms with Gasteiger partial charge in [0, 0.05) is 11.4 Å². The second kappa shape index (κ2) is 4.94. The average Bonchev–Trinajstić information content (AvgIpc) is 2.47. The Morgan fingerprint density at radius 1 is 1.43 bits per heavy atom. The van der Waals surface area contributed by atoms with E-state index in [1.165, 1.54) is 5.41 Å². The van der Waals surface area contributed by atoms with Crippen LogP contribution in [0.3, 0.4) is 0 Å². The SMILES string of the molecule is CCC(CC)CNC1C=CS(=O)(=O)C1. The molecule has 0 bridgehead atoms. The number of sulfone groups is 1. The zero-order valence-electron chi connectivity index (χ0n) is 8.86. The van der Waals surface area contributed by atoms with Gasteiger partial charge >= 0.3 is 0 Å². The molecule has 1 rings (SSSR count). The molecule has 0 saturated carbocycles. The van der Waals surface area contributed by atoms with Gasteiger partial charge in [-0.3, -0.25) is 0 Å². The minimum atomic E-state index is -2.90. The van der Waals surface area contributed by atoms with Crippen molar-refractivity contribution in [1.82, 2.24) is 5.32 Å². The summed E-state index contributed by atoms with van der Waals surface area (Å²) in [7, 11) is -2.90. The Bertz CT molecular complexity index is 291. The van der Waals surface area contributed by atoms with Crippen LogP contribution in [0, 0.1) is 5.92 Å². The summed E-state index contributed by atoms with van der Waals surface area (Å²) in [6.07, 6.45) is 4.04. The monoisotopic (exact) mass is 217 g/mol. The third-order valence-electron chi connectivity index (χ3n) is 2.75. The minimum absolute atomic E-state index is 0.0283. The van der Waals surface area contributed by atoms with Crippen molar-refractivity contribution < 1.29 is 8.42 Å². The van der Waals surface area contributed by atoms with Crippen molar-refractivity contribution in [2.75, 3.05) is 12.3 Å². The van der Waals surface area contributed by atoms with E-state index in [0.29, 0.717) is 5.92 Å². The highest BCUT2D eigenvalue weighted by molar-refractivity contribution is 7.94. The fraction of sp³-hybridized carbons (Fsp3) is 0.800. The first-order valence-corrected chi connectivity index (χ1v) is 6.93. The van der Waals surface area contributed by atoms with E-state index in [-0.39, 0.29) is 11.8 Å². The second-order valence-electron chi connectivity index (χ2n) is 3.86. The first-order chi connectivity index (χ1) is 6.57. The van der Waals surface area contributed by atoms with Gasteiger partial charge in [0.1, 0.15) is 0 Å². The normalized spacial score (nSPS) is 24.6. The highest BCUT2D eigenvalue weighted by Gasteiger charge is 2.21. The van der Waals surface area contributed by atoms with E-state index >= 15 is 0 Å². The molecule has 0 aromatic rings. The molecule has 0 aromatic carbocycles. The van der Waals surface area contributed by atoms with E-state index in [0.717, 1.165) is 19.4 Å². The Hall–Kier alpha value is -0.350. The molecule has 0 aliphatic carbocycles. The summed E-state index contributed by atoms with van der Waals surface area (Å²) in [5, 5.41) is 4.59. The molecule has 0 fully saturated rings. The molecular formula is C10H19NO2S. The largest absolute Gasteiger partial charge is 0.309 e. The fourth-order valence-corrected chi connectivity index (χ4v) is 2.87. The molecule has 1 unspecified atom stereocenters. The summed E-state index contributed by atoms with van der Waals surface area (Å²) >= 11 is 0. The first kappa shape index (κ1) is 11.7. The summed E-state index contributed by atoms with van der Waals surface area (Å²) in [6.45, 7) is 5.24. The fourth-order valence-electron chi connectivity index (χ4n) is 1.60. The van der Waals surface area contributed by atoms with Crippen molar-refractivity contribution in [2.45, 2.75) is 32.7 Å². The van der Waals surface area contributed by atoms with Gasteiger partial charge in [-0.2, -0.15) is 0 Å². The Morgan fingerprint density at radius 3 is 2.50 bits per heavy atom. The van der Waals surface area contributed by atoms with E-state index in [4.69, 9.17) is 0 Å². The summed E-state index contributed by atoms with van der Waals surface area (Å²) in [6, 6.07) is 0.0283. The van der Waals surface area contributed by atoms with Gasteiger partial charge < -0.3 is 5.32 Å². The Labute approximate surface area is 86.5 Å². The lowest BCUT2D eigenvalue weighted by atomic mass is 10.0. The van der Waals surface area contributed by atoms with Crippen LogP contribution in [0.4, 0.5) is 0 Å². The smallest absolute Gasteiger partial charge is 0.173 e. The summed E-state index contributed by atoms with van der Waals surface area (Å²) in [5.41, 5.74) is 0. The van der Waals surface area contributed by atoms with Gasteiger partial charge in [0.15, 0.2) is 9.84 Å². The summed E-state index contributed by atoms with van der Waals surface area (Å²) in [4.78, 5) is 0.